The Balaban J connectivity index is 1.96. The van der Waals surface area contributed by atoms with Crippen molar-refractivity contribution in [2.24, 2.45) is 0 Å². The first kappa shape index (κ1) is 21.1. The third-order valence-electron chi connectivity index (χ3n) is 4.69. The Morgan fingerprint density at radius 3 is 2.52 bits per heavy atom. The Morgan fingerprint density at radius 1 is 1.03 bits per heavy atom. The molecule has 0 saturated heterocycles. The SMILES string of the molecule is COCCOC(=O)c1c(C)oc2ccc(CS(=O)(=O)c3cc(C)ccc3C)cc12. The van der Waals surface area contributed by atoms with Crippen LogP contribution in [0.2, 0.25) is 0 Å². The Hall–Kier alpha value is -2.64. The number of hydrogen-bond donors (Lipinski definition) is 0. The van der Waals surface area contributed by atoms with E-state index in [9.17, 15) is 13.2 Å². The number of esters is 1. The van der Waals surface area contributed by atoms with E-state index < -0.39 is 15.8 Å². The maximum Gasteiger partial charge on any atom is 0.342 e. The van der Waals surface area contributed by atoms with Gasteiger partial charge in [0.2, 0.25) is 0 Å². The van der Waals surface area contributed by atoms with Crippen molar-refractivity contribution in [2.45, 2.75) is 31.4 Å². The number of sulfone groups is 1. The number of fused-ring (bicyclic) bond motifs is 1. The monoisotopic (exact) mass is 416 g/mol. The van der Waals surface area contributed by atoms with Gasteiger partial charge in [-0.1, -0.05) is 18.2 Å². The van der Waals surface area contributed by atoms with Crippen LogP contribution in [0.1, 0.15) is 32.8 Å². The highest BCUT2D eigenvalue weighted by Gasteiger charge is 2.22. The van der Waals surface area contributed by atoms with Crippen LogP contribution in [0, 0.1) is 20.8 Å². The zero-order valence-corrected chi connectivity index (χ0v) is 17.8. The van der Waals surface area contributed by atoms with E-state index in [-0.39, 0.29) is 12.4 Å². The summed E-state index contributed by atoms with van der Waals surface area (Å²) in [4.78, 5) is 12.8. The van der Waals surface area contributed by atoms with Gasteiger partial charge in [0.25, 0.3) is 0 Å². The molecule has 0 aliphatic rings. The van der Waals surface area contributed by atoms with Crippen LogP contribution in [0.25, 0.3) is 11.0 Å². The molecule has 0 amide bonds. The summed E-state index contributed by atoms with van der Waals surface area (Å²) < 4.78 is 41.7. The molecule has 0 fully saturated rings. The van der Waals surface area contributed by atoms with E-state index in [0.29, 0.717) is 44.9 Å². The van der Waals surface area contributed by atoms with E-state index in [1.165, 1.54) is 7.11 Å². The van der Waals surface area contributed by atoms with E-state index in [2.05, 4.69) is 0 Å². The average molecular weight is 416 g/mol. The molecule has 6 nitrogen and oxygen atoms in total. The topological polar surface area (TPSA) is 82.8 Å². The Labute approximate surface area is 170 Å². The van der Waals surface area contributed by atoms with Gasteiger partial charge >= 0.3 is 5.97 Å². The zero-order chi connectivity index (χ0) is 21.2. The molecule has 3 aromatic rings. The second-order valence-corrected chi connectivity index (χ2v) is 8.98. The van der Waals surface area contributed by atoms with E-state index in [1.54, 1.807) is 44.2 Å². The molecule has 29 heavy (non-hydrogen) atoms. The number of hydrogen-bond acceptors (Lipinski definition) is 6. The van der Waals surface area contributed by atoms with Crippen molar-refractivity contribution in [2.75, 3.05) is 20.3 Å². The van der Waals surface area contributed by atoms with Gasteiger partial charge in [0.15, 0.2) is 9.84 Å². The molecule has 0 aliphatic carbocycles. The standard InChI is InChI=1S/C22H24O6S/c1-14-5-6-15(2)20(11-14)29(24,25)13-17-7-8-19-18(12-17)21(16(3)28-19)22(23)27-10-9-26-4/h5-8,11-12H,9-10,13H2,1-4H3. The normalized spacial score (nSPS) is 11.7. The van der Waals surface area contributed by atoms with Gasteiger partial charge in [-0.3, -0.25) is 0 Å². The fourth-order valence-corrected chi connectivity index (χ4v) is 4.94. The number of furan rings is 1. The van der Waals surface area contributed by atoms with E-state index in [1.807, 2.05) is 13.0 Å². The number of rotatable bonds is 7. The average Bonchev–Trinajstić information content (AvgIpc) is 2.98. The highest BCUT2D eigenvalue weighted by Crippen LogP contribution is 2.29. The molecule has 0 saturated carbocycles. The third-order valence-corrected chi connectivity index (χ3v) is 6.51. The van der Waals surface area contributed by atoms with Crippen LogP contribution in [0.5, 0.6) is 0 Å². The number of aryl methyl sites for hydroxylation is 3. The largest absolute Gasteiger partial charge is 0.460 e. The molecule has 1 heterocycles. The molecule has 0 bridgehead atoms. The minimum absolute atomic E-state index is 0.127. The minimum Gasteiger partial charge on any atom is -0.460 e. The van der Waals surface area contributed by atoms with Gasteiger partial charge in [-0.25, -0.2) is 13.2 Å². The second-order valence-electron chi connectivity index (χ2n) is 7.02. The van der Waals surface area contributed by atoms with Crippen LogP contribution in [0.15, 0.2) is 45.7 Å². The lowest BCUT2D eigenvalue weighted by atomic mass is 10.1. The molecule has 0 unspecified atom stereocenters. The molecule has 7 heteroatoms. The van der Waals surface area contributed by atoms with Crippen molar-refractivity contribution < 1.29 is 27.1 Å². The first-order valence-electron chi connectivity index (χ1n) is 9.21. The van der Waals surface area contributed by atoms with E-state index in [4.69, 9.17) is 13.9 Å². The van der Waals surface area contributed by atoms with Crippen molar-refractivity contribution >= 4 is 26.8 Å². The maximum absolute atomic E-state index is 13.0. The summed E-state index contributed by atoms with van der Waals surface area (Å²) in [5.41, 5.74) is 2.98. The molecule has 3 rings (SSSR count). The lowest BCUT2D eigenvalue weighted by Gasteiger charge is -2.09. The van der Waals surface area contributed by atoms with Gasteiger partial charge < -0.3 is 13.9 Å². The number of methoxy groups -OCH3 is 1. The first-order valence-corrected chi connectivity index (χ1v) is 10.9. The molecular formula is C22H24O6S. The van der Waals surface area contributed by atoms with E-state index in [0.717, 1.165) is 5.56 Å². The minimum atomic E-state index is -3.54. The van der Waals surface area contributed by atoms with Crippen molar-refractivity contribution in [1.82, 2.24) is 0 Å². The zero-order valence-electron chi connectivity index (χ0n) is 16.9. The fourth-order valence-electron chi connectivity index (χ4n) is 3.24. The van der Waals surface area contributed by atoms with Gasteiger partial charge in [0.1, 0.15) is 23.5 Å². The Bertz CT molecular complexity index is 1160. The van der Waals surface area contributed by atoms with Crippen LogP contribution in [-0.2, 0) is 25.1 Å². The quantitative estimate of drug-likeness (QED) is 0.425. The number of carbonyl (C=O) groups is 1. The molecule has 2 aromatic carbocycles. The summed E-state index contributed by atoms with van der Waals surface area (Å²) in [6.07, 6.45) is 0. The van der Waals surface area contributed by atoms with Crippen LogP contribution < -0.4 is 0 Å². The summed E-state index contributed by atoms with van der Waals surface area (Å²) in [6.45, 7) is 5.74. The van der Waals surface area contributed by atoms with Crippen molar-refractivity contribution in [3.8, 4) is 0 Å². The molecule has 154 valence electrons. The molecule has 1 aromatic heterocycles. The van der Waals surface area contributed by atoms with Crippen molar-refractivity contribution in [3.63, 3.8) is 0 Å². The first-order chi connectivity index (χ1) is 13.7. The highest BCUT2D eigenvalue weighted by molar-refractivity contribution is 7.90. The second kappa shape index (κ2) is 8.39. The smallest absolute Gasteiger partial charge is 0.342 e. The van der Waals surface area contributed by atoms with Gasteiger partial charge in [-0.05, 0) is 55.7 Å². The summed E-state index contributed by atoms with van der Waals surface area (Å²) in [6, 6.07) is 10.4. The van der Waals surface area contributed by atoms with Crippen LogP contribution in [-0.4, -0.2) is 34.7 Å². The summed E-state index contributed by atoms with van der Waals surface area (Å²) >= 11 is 0. The third kappa shape index (κ3) is 4.52. The summed E-state index contributed by atoms with van der Waals surface area (Å²) in [5, 5.41) is 0.540. The molecule has 0 spiro atoms. The van der Waals surface area contributed by atoms with Crippen LogP contribution >= 0.6 is 0 Å². The van der Waals surface area contributed by atoms with E-state index >= 15 is 0 Å². The fraction of sp³-hybridized carbons (Fsp3) is 0.318. The van der Waals surface area contributed by atoms with Gasteiger partial charge in [-0.15, -0.1) is 0 Å². The molecule has 0 aliphatic heterocycles. The lowest BCUT2D eigenvalue weighted by molar-refractivity contribution is 0.0388. The highest BCUT2D eigenvalue weighted by atomic mass is 32.2. The number of benzene rings is 2. The Kier molecular flexibility index (Phi) is 6.10. The summed E-state index contributed by atoms with van der Waals surface area (Å²) in [7, 11) is -2.02. The van der Waals surface area contributed by atoms with Crippen molar-refractivity contribution in [3.05, 3.63) is 64.4 Å². The lowest BCUT2D eigenvalue weighted by Crippen LogP contribution is -2.10. The van der Waals surface area contributed by atoms with Crippen molar-refractivity contribution in [1.29, 1.82) is 0 Å². The van der Waals surface area contributed by atoms with Crippen LogP contribution in [0.4, 0.5) is 0 Å². The molecule has 0 radical (unpaired) electrons. The summed E-state index contributed by atoms with van der Waals surface area (Å²) in [5.74, 6) is -0.264. The molecule has 0 atom stereocenters. The predicted molar refractivity (Wildman–Crippen MR) is 110 cm³/mol. The molecule has 0 N–H and O–H groups in total. The number of ether oxygens (including phenoxy) is 2. The molecular weight excluding hydrogens is 392 g/mol. The number of carbonyl (C=O) groups excluding carboxylic acids is 1. The van der Waals surface area contributed by atoms with Crippen LogP contribution in [0.3, 0.4) is 0 Å². The Morgan fingerprint density at radius 2 is 1.79 bits per heavy atom. The van der Waals surface area contributed by atoms with Gasteiger partial charge in [0, 0.05) is 12.5 Å². The van der Waals surface area contributed by atoms with Gasteiger partial charge in [-0.2, -0.15) is 0 Å². The van der Waals surface area contributed by atoms with Gasteiger partial charge in [0.05, 0.1) is 17.3 Å². The maximum atomic E-state index is 13.0. The predicted octanol–water partition coefficient (Wildman–Crippen LogP) is 4.14.